The topological polar surface area (TPSA) is 46.1 Å². The van der Waals surface area contributed by atoms with Gasteiger partial charge in [-0.15, -0.1) is 11.3 Å². The molecule has 0 bridgehead atoms. The van der Waals surface area contributed by atoms with E-state index in [1.54, 1.807) is 0 Å². The van der Waals surface area contributed by atoms with Gasteiger partial charge in [-0.25, -0.2) is 9.97 Å². The van der Waals surface area contributed by atoms with Gasteiger partial charge in [0.25, 0.3) is 5.91 Å². The average Bonchev–Trinajstić information content (AvgIpc) is 2.76. The molecule has 4 nitrogen and oxygen atoms in total. The fourth-order valence-electron chi connectivity index (χ4n) is 2.53. The molecule has 0 N–H and O–H groups in total. The molecule has 5 heteroatoms. The number of rotatable bonds is 3. The Morgan fingerprint density at radius 1 is 1.14 bits per heavy atom. The number of thiophene rings is 1. The fourth-order valence-corrected chi connectivity index (χ4v) is 3.73. The van der Waals surface area contributed by atoms with Crippen molar-refractivity contribution in [1.82, 2.24) is 14.9 Å². The van der Waals surface area contributed by atoms with Gasteiger partial charge in [0.15, 0.2) is 0 Å². The van der Waals surface area contributed by atoms with Crippen LogP contribution in [0.1, 0.15) is 61.4 Å². The van der Waals surface area contributed by atoms with Crippen LogP contribution >= 0.6 is 11.3 Å². The van der Waals surface area contributed by atoms with E-state index in [4.69, 9.17) is 4.98 Å². The summed E-state index contributed by atoms with van der Waals surface area (Å²) in [7, 11) is 0. The van der Waals surface area contributed by atoms with Crippen molar-refractivity contribution < 1.29 is 4.79 Å². The van der Waals surface area contributed by atoms with Crippen molar-refractivity contribution >= 4 is 27.5 Å². The minimum Gasteiger partial charge on any atom is -0.338 e. The number of aromatic nitrogens is 2. The Kier molecular flexibility index (Phi) is 4.57. The lowest BCUT2D eigenvalue weighted by Gasteiger charge is -2.17. The highest BCUT2D eigenvalue weighted by Crippen LogP contribution is 2.33. The Morgan fingerprint density at radius 3 is 2.23 bits per heavy atom. The van der Waals surface area contributed by atoms with Gasteiger partial charge in [0.05, 0.1) is 10.6 Å². The van der Waals surface area contributed by atoms with Crippen LogP contribution < -0.4 is 0 Å². The van der Waals surface area contributed by atoms with E-state index < -0.39 is 0 Å². The van der Waals surface area contributed by atoms with E-state index >= 15 is 0 Å². The molecular weight excluding hydrogens is 294 g/mol. The summed E-state index contributed by atoms with van der Waals surface area (Å²) < 4.78 is 0. The number of nitrogens with zero attached hydrogens (tertiary/aromatic N) is 3. The molecule has 0 spiro atoms. The molecule has 0 aliphatic heterocycles. The molecule has 0 atom stereocenters. The van der Waals surface area contributed by atoms with Crippen LogP contribution in [0.2, 0.25) is 0 Å². The van der Waals surface area contributed by atoms with Crippen molar-refractivity contribution in [3.8, 4) is 0 Å². The van der Waals surface area contributed by atoms with Crippen LogP contribution in [-0.4, -0.2) is 33.9 Å². The summed E-state index contributed by atoms with van der Waals surface area (Å²) in [6.07, 6.45) is 0. The quantitative estimate of drug-likeness (QED) is 0.856. The Bertz CT molecular complexity index is 709. The molecule has 120 valence electrons. The molecule has 0 aliphatic carbocycles. The van der Waals surface area contributed by atoms with Gasteiger partial charge in [0.2, 0.25) is 0 Å². The smallest absolute Gasteiger partial charge is 0.264 e. The van der Waals surface area contributed by atoms with Crippen LogP contribution in [-0.2, 0) is 5.41 Å². The molecule has 0 aromatic carbocycles. The number of hydrogen-bond donors (Lipinski definition) is 0. The standard InChI is InChI=1S/C17H25N3OS/c1-8-20(9-2)15(21)13-10(3)12-11(4)18-16(17(5,6)7)19-14(12)22-13/h8-9H2,1-7H3. The molecule has 2 aromatic rings. The lowest BCUT2D eigenvalue weighted by molar-refractivity contribution is 0.0777. The summed E-state index contributed by atoms with van der Waals surface area (Å²) in [6.45, 7) is 15.8. The van der Waals surface area contributed by atoms with Gasteiger partial charge in [0, 0.05) is 23.9 Å². The van der Waals surface area contributed by atoms with Gasteiger partial charge in [-0.2, -0.15) is 0 Å². The maximum Gasteiger partial charge on any atom is 0.264 e. The first-order valence-electron chi connectivity index (χ1n) is 7.78. The molecule has 2 rings (SSSR count). The number of carbonyl (C=O) groups excluding carboxylic acids is 1. The first-order valence-corrected chi connectivity index (χ1v) is 8.59. The van der Waals surface area contributed by atoms with Gasteiger partial charge in [-0.1, -0.05) is 20.8 Å². The molecule has 0 fully saturated rings. The zero-order valence-corrected chi connectivity index (χ0v) is 15.4. The molecule has 0 radical (unpaired) electrons. The third-order valence-electron chi connectivity index (χ3n) is 3.89. The molecule has 2 aromatic heterocycles. The number of carbonyl (C=O) groups is 1. The Labute approximate surface area is 136 Å². The molecule has 2 heterocycles. The Morgan fingerprint density at radius 2 is 1.73 bits per heavy atom. The monoisotopic (exact) mass is 319 g/mol. The number of fused-ring (bicyclic) bond motifs is 1. The second kappa shape index (κ2) is 5.95. The van der Waals surface area contributed by atoms with Crippen LogP contribution in [0.15, 0.2) is 0 Å². The van der Waals surface area contributed by atoms with Gasteiger partial charge in [0.1, 0.15) is 10.7 Å². The molecule has 0 saturated heterocycles. The zero-order valence-electron chi connectivity index (χ0n) is 14.6. The second-order valence-corrected chi connectivity index (χ2v) is 7.60. The van der Waals surface area contributed by atoms with Crippen molar-refractivity contribution in [2.75, 3.05) is 13.1 Å². The predicted molar refractivity (Wildman–Crippen MR) is 92.8 cm³/mol. The molecule has 0 unspecified atom stereocenters. The summed E-state index contributed by atoms with van der Waals surface area (Å²) in [5, 5.41) is 1.04. The van der Waals surface area contributed by atoms with Crippen molar-refractivity contribution in [2.24, 2.45) is 0 Å². The molecule has 1 amide bonds. The lowest BCUT2D eigenvalue weighted by atomic mass is 9.95. The third kappa shape index (κ3) is 2.86. The van der Waals surface area contributed by atoms with Crippen LogP contribution in [0.4, 0.5) is 0 Å². The SMILES string of the molecule is CCN(CC)C(=O)c1sc2nc(C(C)(C)C)nc(C)c2c1C. The largest absolute Gasteiger partial charge is 0.338 e. The van der Waals surface area contributed by atoms with Crippen molar-refractivity contribution in [2.45, 2.75) is 53.9 Å². The van der Waals surface area contributed by atoms with Gasteiger partial charge >= 0.3 is 0 Å². The summed E-state index contributed by atoms with van der Waals surface area (Å²) in [5.41, 5.74) is 1.87. The minimum absolute atomic E-state index is 0.0973. The van der Waals surface area contributed by atoms with Crippen molar-refractivity contribution in [1.29, 1.82) is 0 Å². The summed E-state index contributed by atoms with van der Waals surface area (Å²) in [6, 6.07) is 0. The highest BCUT2D eigenvalue weighted by molar-refractivity contribution is 7.20. The average molecular weight is 319 g/mol. The third-order valence-corrected chi connectivity index (χ3v) is 5.06. The lowest BCUT2D eigenvalue weighted by Crippen LogP contribution is -2.30. The van der Waals surface area contributed by atoms with Gasteiger partial charge < -0.3 is 4.90 Å². The van der Waals surface area contributed by atoms with E-state index in [-0.39, 0.29) is 11.3 Å². The summed E-state index contributed by atoms with van der Waals surface area (Å²) >= 11 is 1.49. The number of aryl methyl sites for hydroxylation is 2. The molecule has 22 heavy (non-hydrogen) atoms. The van der Waals surface area contributed by atoms with E-state index in [0.717, 1.165) is 45.3 Å². The Balaban J connectivity index is 2.63. The maximum atomic E-state index is 12.7. The fraction of sp³-hybridized carbons (Fsp3) is 0.588. The number of hydrogen-bond acceptors (Lipinski definition) is 4. The van der Waals surface area contributed by atoms with E-state index in [2.05, 4.69) is 25.8 Å². The van der Waals surface area contributed by atoms with E-state index in [9.17, 15) is 4.79 Å². The van der Waals surface area contributed by atoms with E-state index in [1.165, 1.54) is 11.3 Å². The van der Waals surface area contributed by atoms with Crippen LogP contribution in [0.5, 0.6) is 0 Å². The molecule has 0 aliphatic rings. The van der Waals surface area contributed by atoms with Gasteiger partial charge in [-0.3, -0.25) is 4.79 Å². The maximum absolute atomic E-state index is 12.7. The van der Waals surface area contributed by atoms with Crippen molar-refractivity contribution in [3.63, 3.8) is 0 Å². The van der Waals surface area contributed by atoms with E-state index in [1.807, 2.05) is 32.6 Å². The van der Waals surface area contributed by atoms with Crippen LogP contribution in [0.25, 0.3) is 10.2 Å². The van der Waals surface area contributed by atoms with Gasteiger partial charge in [-0.05, 0) is 33.3 Å². The Hall–Kier alpha value is -1.49. The first kappa shape index (κ1) is 16.9. The second-order valence-electron chi connectivity index (χ2n) is 6.60. The minimum atomic E-state index is -0.0973. The predicted octanol–water partition coefficient (Wildman–Crippen LogP) is 4.09. The van der Waals surface area contributed by atoms with Crippen LogP contribution in [0.3, 0.4) is 0 Å². The first-order chi connectivity index (χ1) is 10.2. The summed E-state index contributed by atoms with van der Waals surface area (Å²) in [4.78, 5) is 25.6. The summed E-state index contributed by atoms with van der Waals surface area (Å²) in [5.74, 6) is 0.933. The highest BCUT2D eigenvalue weighted by Gasteiger charge is 2.24. The van der Waals surface area contributed by atoms with Crippen molar-refractivity contribution in [3.05, 3.63) is 22.0 Å². The van der Waals surface area contributed by atoms with E-state index in [0.29, 0.717) is 0 Å². The zero-order chi connectivity index (χ0) is 16.7. The molecular formula is C17H25N3OS. The van der Waals surface area contributed by atoms with Crippen LogP contribution in [0, 0.1) is 13.8 Å². The highest BCUT2D eigenvalue weighted by atomic mass is 32.1. The number of amides is 1. The normalized spacial score (nSPS) is 12.0. The molecule has 0 saturated carbocycles.